The lowest BCUT2D eigenvalue weighted by molar-refractivity contribution is -0.128. The first-order valence-electron chi connectivity index (χ1n) is 10.7. The summed E-state index contributed by atoms with van der Waals surface area (Å²) >= 11 is 1.51. The predicted molar refractivity (Wildman–Crippen MR) is 124 cm³/mol. The number of carbonyl (C=O) groups excluding carboxylic acids is 1. The van der Waals surface area contributed by atoms with Gasteiger partial charge in [-0.05, 0) is 46.2 Å². The van der Waals surface area contributed by atoms with Crippen molar-refractivity contribution in [3.05, 3.63) is 51.4 Å². The second-order valence-corrected chi connectivity index (χ2v) is 9.29. The van der Waals surface area contributed by atoms with Crippen LogP contribution in [0.15, 0.2) is 45.1 Å². The molecule has 3 heterocycles. The van der Waals surface area contributed by atoms with E-state index in [4.69, 9.17) is 0 Å². The van der Waals surface area contributed by atoms with Crippen molar-refractivity contribution in [3.63, 3.8) is 0 Å². The molecule has 2 aromatic heterocycles. The van der Waals surface area contributed by atoms with Crippen LogP contribution in [0.3, 0.4) is 0 Å². The minimum Gasteiger partial charge on any atom is -0.356 e. The lowest BCUT2D eigenvalue weighted by atomic mass is 10.3. The number of aromatic nitrogens is 3. The Kier molecular flexibility index (Phi) is 7.59. The number of nitrogens with zero attached hydrogens (tertiary/aromatic N) is 5. The van der Waals surface area contributed by atoms with E-state index >= 15 is 0 Å². The lowest BCUT2D eigenvalue weighted by Crippen LogP contribution is -2.45. The molecule has 1 fully saturated rings. The molecule has 0 N–H and O–H groups in total. The van der Waals surface area contributed by atoms with E-state index < -0.39 is 0 Å². The second-order valence-electron chi connectivity index (χ2n) is 8.24. The molecule has 0 spiro atoms. The van der Waals surface area contributed by atoms with Crippen LogP contribution in [0.1, 0.15) is 46.2 Å². The second kappa shape index (κ2) is 10.2. The summed E-state index contributed by atoms with van der Waals surface area (Å²) in [4.78, 5) is 47.4. The molecule has 0 bridgehead atoms. The Morgan fingerprint density at radius 3 is 2.32 bits per heavy atom. The summed E-state index contributed by atoms with van der Waals surface area (Å²) < 4.78 is 2.99. The van der Waals surface area contributed by atoms with Crippen LogP contribution < -0.4 is 16.1 Å². The topological polar surface area (TPSA) is 80.4 Å². The molecule has 3 rings (SSSR count). The predicted octanol–water partition coefficient (Wildman–Crippen LogP) is 2.40. The maximum absolute atomic E-state index is 13.0. The molecule has 168 valence electrons. The molecular weight excluding hydrogens is 414 g/mol. The number of pyridine rings is 1. The van der Waals surface area contributed by atoms with Crippen molar-refractivity contribution in [2.24, 2.45) is 0 Å². The monoisotopic (exact) mass is 445 g/mol. The molecule has 8 nitrogen and oxygen atoms in total. The molecule has 0 atom stereocenters. The fourth-order valence-electron chi connectivity index (χ4n) is 3.83. The third-order valence-electron chi connectivity index (χ3n) is 5.37. The van der Waals surface area contributed by atoms with Gasteiger partial charge in [0.2, 0.25) is 5.91 Å². The van der Waals surface area contributed by atoms with E-state index in [1.165, 1.54) is 16.3 Å². The Morgan fingerprint density at radius 1 is 1.00 bits per heavy atom. The summed E-state index contributed by atoms with van der Waals surface area (Å²) in [5.41, 5.74) is -0.559. The molecule has 2 aromatic rings. The Bertz CT molecular complexity index is 1020. The molecule has 0 aromatic carbocycles. The summed E-state index contributed by atoms with van der Waals surface area (Å²) in [5, 5.41) is 0. The number of hydrogen-bond donors (Lipinski definition) is 0. The number of thioether (sulfide) groups is 1. The summed E-state index contributed by atoms with van der Waals surface area (Å²) in [6.07, 6.45) is 4.22. The summed E-state index contributed by atoms with van der Waals surface area (Å²) in [6, 6.07) is 5.08. The standard InChI is InChI=1S/C22H31N5O3S/c1-16(2)26-19(14-20(28)27(17(3)4)22(26)30)24-10-5-11-25(13-12-24)21(29)15-31-18-6-8-23-9-7-18/h6-9,14,16-17H,5,10-13,15H2,1-4H3. The van der Waals surface area contributed by atoms with Crippen molar-refractivity contribution in [1.82, 2.24) is 19.0 Å². The van der Waals surface area contributed by atoms with Gasteiger partial charge in [-0.25, -0.2) is 4.79 Å². The van der Waals surface area contributed by atoms with Crippen molar-refractivity contribution < 1.29 is 4.79 Å². The van der Waals surface area contributed by atoms with E-state index in [-0.39, 0.29) is 29.2 Å². The number of rotatable bonds is 6. The zero-order valence-corrected chi connectivity index (χ0v) is 19.5. The molecule has 0 saturated carbocycles. The van der Waals surface area contributed by atoms with Gasteiger partial charge in [0.1, 0.15) is 5.82 Å². The third-order valence-corrected chi connectivity index (χ3v) is 6.36. The Labute approximate surface area is 186 Å². The minimum atomic E-state index is -0.280. The van der Waals surface area contributed by atoms with Gasteiger partial charge >= 0.3 is 5.69 Å². The average Bonchev–Trinajstić information content (AvgIpc) is 2.98. The third kappa shape index (κ3) is 5.39. The molecule has 0 unspecified atom stereocenters. The summed E-state index contributed by atoms with van der Waals surface area (Å²) in [5.74, 6) is 1.12. The highest BCUT2D eigenvalue weighted by atomic mass is 32.2. The van der Waals surface area contributed by atoms with Crippen molar-refractivity contribution >= 4 is 23.5 Å². The van der Waals surface area contributed by atoms with Gasteiger partial charge in [-0.2, -0.15) is 0 Å². The van der Waals surface area contributed by atoms with Gasteiger partial charge < -0.3 is 9.80 Å². The van der Waals surface area contributed by atoms with Crippen LogP contribution in [0, 0.1) is 0 Å². The quantitative estimate of drug-likeness (QED) is 0.635. The fraction of sp³-hybridized carbons (Fsp3) is 0.545. The summed E-state index contributed by atoms with van der Waals surface area (Å²) in [6.45, 7) is 10.1. The maximum Gasteiger partial charge on any atom is 0.333 e. The first-order chi connectivity index (χ1) is 14.8. The molecule has 1 saturated heterocycles. The maximum atomic E-state index is 13.0. The normalized spacial score (nSPS) is 14.9. The number of hydrogen-bond acceptors (Lipinski definition) is 6. The first kappa shape index (κ1) is 23.1. The van der Waals surface area contributed by atoms with Gasteiger partial charge in [0.25, 0.3) is 5.56 Å². The van der Waals surface area contributed by atoms with E-state index in [1.807, 2.05) is 44.7 Å². The summed E-state index contributed by atoms with van der Waals surface area (Å²) in [7, 11) is 0. The molecule has 0 radical (unpaired) electrons. The van der Waals surface area contributed by atoms with Gasteiger partial charge in [-0.1, -0.05) is 0 Å². The average molecular weight is 446 g/mol. The van der Waals surface area contributed by atoms with E-state index in [0.29, 0.717) is 37.7 Å². The number of amides is 1. The van der Waals surface area contributed by atoms with Crippen LogP contribution in [-0.2, 0) is 4.79 Å². The van der Waals surface area contributed by atoms with Crippen LogP contribution in [0.4, 0.5) is 5.82 Å². The molecule has 9 heteroatoms. The Hall–Kier alpha value is -2.55. The minimum absolute atomic E-state index is 0.0779. The highest BCUT2D eigenvalue weighted by Crippen LogP contribution is 2.20. The van der Waals surface area contributed by atoms with Gasteiger partial charge in [0, 0.05) is 61.6 Å². The highest BCUT2D eigenvalue weighted by molar-refractivity contribution is 8.00. The molecule has 31 heavy (non-hydrogen) atoms. The molecular formula is C22H31N5O3S. The van der Waals surface area contributed by atoms with Crippen molar-refractivity contribution in [1.29, 1.82) is 0 Å². The zero-order valence-electron chi connectivity index (χ0n) is 18.7. The van der Waals surface area contributed by atoms with Crippen LogP contribution in [0.25, 0.3) is 0 Å². The number of anilines is 1. The van der Waals surface area contributed by atoms with E-state index in [0.717, 1.165) is 11.3 Å². The van der Waals surface area contributed by atoms with Gasteiger partial charge in [-0.3, -0.25) is 23.7 Å². The SMILES string of the molecule is CC(C)n1c(N2CCCN(C(=O)CSc3ccncc3)CC2)cc(=O)n(C(C)C)c1=O. The van der Waals surface area contributed by atoms with Crippen LogP contribution >= 0.6 is 11.8 Å². The van der Waals surface area contributed by atoms with E-state index in [1.54, 1.807) is 23.0 Å². The van der Waals surface area contributed by atoms with Crippen molar-refractivity contribution in [2.75, 3.05) is 36.8 Å². The molecule has 1 aliphatic heterocycles. The van der Waals surface area contributed by atoms with Crippen LogP contribution in [-0.4, -0.2) is 56.9 Å². The molecule has 1 aliphatic rings. The largest absolute Gasteiger partial charge is 0.356 e. The van der Waals surface area contributed by atoms with Gasteiger partial charge in [0.05, 0.1) is 5.75 Å². The van der Waals surface area contributed by atoms with Crippen molar-refractivity contribution in [2.45, 2.75) is 51.1 Å². The lowest BCUT2D eigenvalue weighted by Gasteiger charge is -2.28. The van der Waals surface area contributed by atoms with Crippen molar-refractivity contribution in [3.8, 4) is 0 Å². The smallest absolute Gasteiger partial charge is 0.333 e. The van der Waals surface area contributed by atoms with Crippen LogP contribution in [0.5, 0.6) is 0 Å². The fourth-order valence-corrected chi connectivity index (χ4v) is 4.62. The Balaban J connectivity index is 1.75. The zero-order chi connectivity index (χ0) is 22.5. The van der Waals surface area contributed by atoms with E-state index in [9.17, 15) is 14.4 Å². The molecule has 1 amide bonds. The van der Waals surface area contributed by atoms with E-state index in [2.05, 4.69) is 9.88 Å². The highest BCUT2D eigenvalue weighted by Gasteiger charge is 2.24. The first-order valence-corrected chi connectivity index (χ1v) is 11.7. The molecule has 0 aliphatic carbocycles. The van der Waals surface area contributed by atoms with Gasteiger partial charge in [-0.15, -0.1) is 11.8 Å². The Morgan fingerprint density at radius 2 is 1.68 bits per heavy atom. The van der Waals surface area contributed by atoms with Crippen LogP contribution in [0.2, 0.25) is 0 Å². The number of carbonyl (C=O) groups is 1. The van der Waals surface area contributed by atoms with Gasteiger partial charge in [0.15, 0.2) is 0 Å².